The van der Waals surface area contributed by atoms with E-state index in [1.54, 1.807) is 51.2 Å². The van der Waals surface area contributed by atoms with Gasteiger partial charge in [-0.25, -0.2) is 20.2 Å². The van der Waals surface area contributed by atoms with Crippen LogP contribution in [-0.2, 0) is 26.4 Å². The first kappa shape index (κ1) is 52.1. The van der Waals surface area contributed by atoms with Gasteiger partial charge in [-0.3, -0.25) is 24.5 Å². The number of carbonyl (C=O) groups is 4. The summed E-state index contributed by atoms with van der Waals surface area (Å²) in [6.45, 7) is 15.6. The number of ether oxygens (including phenoxy) is 3. The van der Waals surface area contributed by atoms with Gasteiger partial charge >= 0.3 is 12.0 Å². The van der Waals surface area contributed by atoms with Gasteiger partial charge < -0.3 is 14.2 Å². The highest BCUT2D eigenvalue weighted by atomic mass is 35.5. The van der Waals surface area contributed by atoms with Crippen LogP contribution in [-0.4, -0.2) is 59.7 Å². The van der Waals surface area contributed by atoms with Crippen molar-refractivity contribution in [3.63, 3.8) is 0 Å². The van der Waals surface area contributed by atoms with Gasteiger partial charge in [0.15, 0.2) is 30.5 Å². The number of amides is 1. The minimum absolute atomic E-state index is 0.0607. The molecule has 1 aromatic heterocycles. The molecule has 0 saturated carbocycles. The lowest BCUT2D eigenvalue weighted by Gasteiger charge is -2.27. The van der Waals surface area contributed by atoms with Gasteiger partial charge in [-0.2, -0.15) is 14.0 Å². The number of halogens is 3. The van der Waals surface area contributed by atoms with Crippen molar-refractivity contribution in [2.45, 2.75) is 92.6 Å². The molecule has 0 radical (unpaired) electrons. The predicted octanol–water partition coefficient (Wildman–Crippen LogP) is 11.1. The summed E-state index contributed by atoms with van der Waals surface area (Å²) in [5.41, 5.74) is 5.51. The summed E-state index contributed by atoms with van der Waals surface area (Å²) in [6, 6.07) is 18.0. The molecule has 64 heavy (non-hydrogen) atoms. The Balaban J connectivity index is 0.000000871. The predicted molar refractivity (Wildman–Crippen MR) is 241 cm³/mol. The Kier molecular flexibility index (Phi) is 19.5. The van der Waals surface area contributed by atoms with Gasteiger partial charge in [-0.05, 0) is 92.8 Å². The molecule has 4 aromatic rings. The van der Waals surface area contributed by atoms with Gasteiger partial charge in [0.2, 0.25) is 5.95 Å². The van der Waals surface area contributed by atoms with Gasteiger partial charge in [0, 0.05) is 40.3 Å². The second-order valence-corrected chi connectivity index (χ2v) is 16.3. The van der Waals surface area contributed by atoms with Gasteiger partial charge in [0.1, 0.15) is 24.2 Å². The Labute approximate surface area is 378 Å². The molecule has 2 N–H and O–H groups in total. The second-order valence-electron chi connectivity index (χ2n) is 15.9. The number of anilines is 2. The van der Waals surface area contributed by atoms with E-state index in [2.05, 4.69) is 34.3 Å². The summed E-state index contributed by atoms with van der Waals surface area (Å²) in [5.74, 6) is -3.64. The average Bonchev–Trinajstić information content (AvgIpc) is 3.26. The number of nitriles is 1. The van der Waals surface area contributed by atoms with Crippen LogP contribution in [0.3, 0.4) is 0 Å². The van der Waals surface area contributed by atoms with Crippen LogP contribution < -0.4 is 20.3 Å². The number of aromatic nitrogens is 2. The molecule has 0 spiro atoms. The number of nitrogens with zero attached hydrogens (tertiary/aromatic N) is 3. The van der Waals surface area contributed by atoms with Crippen molar-refractivity contribution >= 4 is 46.7 Å². The van der Waals surface area contributed by atoms with Crippen LogP contribution >= 0.6 is 11.6 Å². The third-order valence-electron chi connectivity index (χ3n) is 10.2. The van der Waals surface area contributed by atoms with Crippen molar-refractivity contribution in [2.75, 3.05) is 31.1 Å². The second kappa shape index (κ2) is 24.0. The molecule has 0 fully saturated rings. The van der Waals surface area contributed by atoms with E-state index in [4.69, 9.17) is 30.6 Å². The molecule has 3 aromatic carbocycles. The summed E-state index contributed by atoms with van der Waals surface area (Å²) in [5, 5.41) is 12.1. The monoisotopic (exact) mass is 903 g/mol. The topological polar surface area (TPSA) is 179 Å². The Morgan fingerprint density at radius 3 is 2.22 bits per heavy atom. The van der Waals surface area contributed by atoms with Gasteiger partial charge in [0.25, 0.3) is 0 Å². The zero-order chi connectivity index (χ0) is 47.8. The molecule has 0 bridgehead atoms. The molecule has 0 saturated heterocycles. The number of allylic oxidation sites excluding steroid dienone is 1. The number of benzene rings is 3. The zero-order valence-electron chi connectivity index (χ0n) is 37.7. The fourth-order valence-electron chi connectivity index (χ4n) is 5.88. The van der Waals surface area contributed by atoms with Crippen LogP contribution in [0.1, 0.15) is 118 Å². The van der Waals surface area contributed by atoms with E-state index in [0.29, 0.717) is 23.0 Å². The quantitative estimate of drug-likeness (QED) is 0.0460. The number of rotatable bonds is 21. The molecular weight excluding hydrogens is 848 g/mol. The Bertz CT molecular complexity index is 2330. The molecule has 342 valence electrons. The van der Waals surface area contributed by atoms with Crippen LogP contribution in [0, 0.1) is 23.2 Å². The fourth-order valence-corrected chi connectivity index (χ4v) is 6.16. The maximum absolute atomic E-state index is 14.8. The highest BCUT2D eigenvalue weighted by Crippen LogP contribution is 2.39. The van der Waals surface area contributed by atoms with Crippen molar-refractivity contribution in [1.29, 1.82) is 5.26 Å². The maximum atomic E-state index is 14.8. The normalized spacial score (nSPS) is 11.6. The van der Waals surface area contributed by atoms with Crippen LogP contribution in [0.5, 0.6) is 11.5 Å². The summed E-state index contributed by atoms with van der Waals surface area (Å²) >= 11 is 6.49. The van der Waals surface area contributed by atoms with E-state index in [-0.39, 0.29) is 63.0 Å². The number of ketones is 3. The van der Waals surface area contributed by atoms with E-state index in [0.717, 1.165) is 24.8 Å². The lowest BCUT2D eigenvalue weighted by Crippen LogP contribution is -2.33. The molecular formula is C48H56ClF2N5O8. The Morgan fingerprint density at radius 1 is 0.938 bits per heavy atom. The van der Waals surface area contributed by atoms with Crippen molar-refractivity contribution in [3.05, 3.63) is 118 Å². The first-order valence-electron chi connectivity index (χ1n) is 20.5. The minimum Gasteiger partial charge on any atom is -0.487 e. The number of carbonyl (C=O) groups excluding carboxylic acids is 4. The molecule has 16 heteroatoms. The number of alkyl halides is 2. The van der Waals surface area contributed by atoms with Crippen LogP contribution in [0.4, 0.5) is 25.2 Å². The van der Waals surface area contributed by atoms with Crippen LogP contribution in [0.2, 0.25) is 5.02 Å². The summed E-state index contributed by atoms with van der Waals surface area (Å²) in [6.07, 6.45) is 3.35. The van der Waals surface area contributed by atoms with Crippen molar-refractivity contribution < 1.29 is 47.0 Å². The molecule has 13 nitrogen and oxygen atoms in total. The van der Waals surface area contributed by atoms with Crippen molar-refractivity contribution in [3.8, 4) is 17.6 Å². The summed E-state index contributed by atoms with van der Waals surface area (Å²) < 4.78 is 45.6. The smallest absolute Gasteiger partial charge is 0.411 e. The molecule has 4 rings (SSSR count). The summed E-state index contributed by atoms with van der Waals surface area (Å²) in [4.78, 5) is 60.9. The van der Waals surface area contributed by atoms with Crippen molar-refractivity contribution in [1.82, 2.24) is 9.97 Å². The van der Waals surface area contributed by atoms with E-state index >= 15 is 0 Å². The van der Waals surface area contributed by atoms with Crippen LogP contribution in [0.25, 0.3) is 0 Å². The molecule has 0 aliphatic carbocycles. The fraction of sp³-hybridized carbons (Fsp3) is 0.396. The van der Waals surface area contributed by atoms with E-state index < -0.39 is 36.6 Å². The largest absolute Gasteiger partial charge is 0.487 e. The molecule has 0 aliphatic heterocycles. The van der Waals surface area contributed by atoms with E-state index in [1.807, 2.05) is 39.0 Å². The zero-order valence-corrected chi connectivity index (χ0v) is 38.5. The van der Waals surface area contributed by atoms with E-state index in [1.165, 1.54) is 43.9 Å². The molecule has 1 amide bonds. The Morgan fingerprint density at radius 2 is 1.62 bits per heavy atom. The van der Waals surface area contributed by atoms with Gasteiger partial charge in [-0.1, -0.05) is 77.4 Å². The molecule has 1 unspecified atom stereocenters. The van der Waals surface area contributed by atoms with Crippen LogP contribution in [0.15, 0.2) is 79.0 Å². The number of hydrogen-bond acceptors (Lipinski definition) is 12. The van der Waals surface area contributed by atoms with Gasteiger partial charge in [-0.15, -0.1) is 0 Å². The molecule has 0 aliphatic rings. The average molecular weight is 904 g/mol. The van der Waals surface area contributed by atoms with E-state index in [9.17, 15) is 33.2 Å². The van der Waals surface area contributed by atoms with Gasteiger partial charge in [0.05, 0.1) is 23.4 Å². The Hall–Kier alpha value is -6.24. The lowest BCUT2D eigenvalue weighted by atomic mass is 9.77. The first-order chi connectivity index (χ1) is 30.1. The molecule has 1 atom stereocenters. The number of Topliss-reactive ketones (excluding diaryl/α,β-unsaturated/α-hetero) is 3. The minimum atomic E-state index is -3.68. The third-order valence-corrected chi connectivity index (χ3v) is 10.4. The number of nitrogens with one attached hydrogen (secondary N) is 2. The number of hydrogen-bond donors (Lipinski definition) is 2. The van der Waals surface area contributed by atoms with Crippen molar-refractivity contribution in [2.24, 2.45) is 11.8 Å². The third kappa shape index (κ3) is 15.5. The standard InChI is InChI=1S/C38H38ClF2N5O7.C10H18O/c1-22(2)33(48)31-17-27(9-12-30(31)23(3)47)45-36(49)53-21-38(40,41)20-52-34-24(18-42)15-26(16-32(34)39)37(4,5)25-7-10-29(11-8-25)51-19-28-13-14-43-35(44-28)46-50-6;1-5-8(2)6-7-9(3)10(4)11/h7-17,22H,19-21H2,1-6H3,(H,45,49)(H,43,44,46);9H,2,5-7H2,1,3-4H3. The SMILES string of the molecule is C=C(CC)CCC(C)C(C)=O.CONc1nccc(COc2ccc(C(C)(C)c3cc(Cl)c(OCC(F)(F)COC(=O)Nc4ccc(C(C)=O)c(C(=O)C(C)C)c4)c(C#N)c3)cc2)n1. The molecule has 1 heterocycles. The highest BCUT2D eigenvalue weighted by molar-refractivity contribution is 6.32. The lowest BCUT2D eigenvalue weighted by molar-refractivity contribution is -0.120. The summed E-state index contributed by atoms with van der Waals surface area (Å²) in [7, 11) is 1.45. The highest BCUT2D eigenvalue weighted by Gasteiger charge is 2.34. The maximum Gasteiger partial charge on any atom is 0.411 e. The first-order valence-corrected chi connectivity index (χ1v) is 20.9.